The Bertz CT molecular complexity index is 208. The van der Waals surface area contributed by atoms with Crippen LogP contribution in [0.3, 0.4) is 0 Å². The fourth-order valence-corrected chi connectivity index (χ4v) is 1.73. The summed E-state index contributed by atoms with van der Waals surface area (Å²) >= 11 is 0. The van der Waals surface area contributed by atoms with Gasteiger partial charge in [-0.05, 0) is 47.1 Å². The molecule has 82 valence electrons. The predicted molar refractivity (Wildman–Crippen MR) is 56.0 cm³/mol. The molecule has 1 N–H and O–H groups in total. The molecule has 0 radical (unpaired) electrons. The normalized spacial score (nSPS) is 28.6. The van der Waals surface area contributed by atoms with Crippen LogP contribution in [0.2, 0.25) is 0 Å². The summed E-state index contributed by atoms with van der Waals surface area (Å²) in [7, 11) is 0. The minimum Gasteiger partial charge on any atom is -0.460 e. The summed E-state index contributed by atoms with van der Waals surface area (Å²) in [6, 6.07) is 0.432. The second-order valence-corrected chi connectivity index (χ2v) is 5.11. The lowest BCUT2D eigenvalue weighted by atomic mass is 9.93. The largest absolute Gasteiger partial charge is 0.460 e. The molecule has 1 aliphatic heterocycles. The van der Waals surface area contributed by atoms with Gasteiger partial charge >= 0.3 is 5.97 Å². The Morgan fingerprint density at radius 1 is 1.43 bits per heavy atom. The van der Waals surface area contributed by atoms with Crippen molar-refractivity contribution >= 4 is 5.97 Å². The van der Waals surface area contributed by atoms with Crippen molar-refractivity contribution in [1.29, 1.82) is 0 Å². The van der Waals surface area contributed by atoms with E-state index >= 15 is 0 Å². The van der Waals surface area contributed by atoms with Gasteiger partial charge in [-0.1, -0.05) is 0 Å². The molecule has 2 atom stereocenters. The molecule has 0 aromatic heterocycles. The first-order valence-electron chi connectivity index (χ1n) is 5.35. The SMILES string of the molecule is CC1CC(C(=O)OC(C)(C)C)CCN1. The van der Waals surface area contributed by atoms with E-state index in [2.05, 4.69) is 12.2 Å². The van der Waals surface area contributed by atoms with Gasteiger partial charge in [0.15, 0.2) is 0 Å². The highest BCUT2D eigenvalue weighted by Gasteiger charge is 2.28. The van der Waals surface area contributed by atoms with E-state index in [1.165, 1.54) is 0 Å². The second-order valence-electron chi connectivity index (χ2n) is 5.11. The van der Waals surface area contributed by atoms with Crippen LogP contribution in [-0.4, -0.2) is 24.2 Å². The number of nitrogens with one attached hydrogen (secondary N) is 1. The summed E-state index contributed by atoms with van der Waals surface area (Å²) in [5.41, 5.74) is -0.356. The van der Waals surface area contributed by atoms with Crippen LogP contribution in [0.25, 0.3) is 0 Å². The molecule has 1 aliphatic rings. The number of hydrogen-bond acceptors (Lipinski definition) is 3. The van der Waals surface area contributed by atoms with E-state index in [4.69, 9.17) is 4.74 Å². The summed E-state index contributed by atoms with van der Waals surface area (Å²) in [4.78, 5) is 11.7. The van der Waals surface area contributed by atoms with Crippen LogP contribution in [-0.2, 0) is 9.53 Å². The maximum atomic E-state index is 11.7. The number of esters is 1. The summed E-state index contributed by atoms with van der Waals surface area (Å²) in [6.07, 6.45) is 1.80. The van der Waals surface area contributed by atoms with E-state index in [-0.39, 0.29) is 17.5 Å². The molecule has 0 bridgehead atoms. The third-order valence-corrected chi connectivity index (χ3v) is 2.36. The molecule has 0 spiro atoms. The smallest absolute Gasteiger partial charge is 0.309 e. The Hall–Kier alpha value is -0.570. The highest BCUT2D eigenvalue weighted by atomic mass is 16.6. The Balaban J connectivity index is 2.44. The van der Waals surface area contributed by atoms with Crippen molar-refractivity contribution < 1.29 is 9.53 Å². The van der Waals surface area contributed by atoms with Crippen molar-refractivity contribution in [3.8, 4) is 0 Å². The molecule has 0 aromatic rings. The van der Waals surface area contributed by atoms with E-state index in [1.54, 1.807) is 0 Å². The number of rotatable bonds is 1. The summed E-state index contributed by atoms with van der Waals surface area (Å²) in [5, 5.41) is 3.32. The zero-order valence-corrected chi connectivity index (χ0v) is 9.59. The van der Waals surface area contributed by atoms with Gasteiger partial charge in [-0.3, -0.25) is 4.79 Å². The average Bonchev–Trinajstić information content (AvgIpc) is 2.01. The maximum absolute atomic E-state index is 11.7. The van der Waals surface area contributed by atoms with Gasteiger partial charge in [0.05, 0.1) is 5.92 Å². The molecule has 1 heterocycles. The van der Waals surface area contributed by atoms with Crippen molar-refractivity contribution in [3.05, 3.63) is 0 Å². The first-order chi connectivity index (χ1) is 6.38. The van der Waals surface area contributed by atoms with Gasteiger partial charge in [0.25, 0.3) is 0 Å². The van der Waals surface area contributed by atoms with Crippen LogP contribution < -0.4 is 5.32 Å². The molecule has 1 fully saturated rings. The molecule has 3 nitrogen and oxygen atoms in total. The number of carbonyl (C=O) groups excluding carboxylic acids is 1. The topological polar surface area (TPSA) is 38.3 Å². The summed E-state index contributed by atoms with van der Waals surface area (Å²) in [5.74, 6) is 0.0522. The van der Waals surface area contributed by atoms with Crippen LogP contribution in [0, 0.1) is 5.92 Å². The second kappa shape index (κ2) is 4.30. The van der Waals surface area contributed by atoms with Gasteiger partial charge in [-0.2, -0.15) is 0 Å². The minimum atomic E-state index is -0.356. The van der Waals surface area contributed by atoms with Gasteiger partial charge in [0.2, 0.25) is 0 Å². The number of carbonyl (C=O) groups is 1. The monoisotopic (exact) mass is 199 g/mol. The van der Waals surface area contributed by atoms with Gasteiger partial charge in [0, 0.05) is 6.04 Å². The molecular formula is C11H21NO2. The Morgan fingerprint density at radius 3 is 2.57 bits per heavy atom. The van der Waals surface area contributed by atoms with Crippen molar-refractivity contribution in [2.24, 2.45) is 5.92 Å². The molecule has 0 aliphatic carbocycles. The lowest BCUT2D eigenvalue weighted by Crippen LogP contribution is -2.40. The van der Waals surface area contributed by atoms with Gasteiger partial charge in [-0.25, -0.2) is 0 Å². The van der Waals surface area contributed by atoms with Crippen LogP contribution in [0.1, 0.15) is 40.5 Å². The number of hydrogen-bond donors (Lipinski definition) is 1. The van der Waals surface area contributed by atoms with Gasteiger partial charge in [0.1, 0.15) is 5.60 Å². The number of piperidine rings is 1. The molecule has 1 rings (SSSR count). The van der Waals surface area contributed by atoms with Crippen molar-refractivity contribution in [3.63, 3.8) is 0 Å². The minimum absolute atomic E-state index is 0.0362. The molecule has 2 unspecified atom stereocenters. The fraction of sp³-hybridized carbons (Fsp3) is 0.909. The summed E-state index contributed by atoms with van der Waals surface area (Å²) < 4.78 is 5.36. The summed E-state index contributed by atoms with van der Waals surface area (Å²) in [6.45, 7) is 8.77. The van der Waals surface area contributed by atoms with Crippen LogP contribution >= 0.6 is 0 Å². The lowest BCUT2D eigenvalue weighted by molar-refractivity contribution is -0.161. The van der Waals surface area contributed by atoms with E-state index in [0.717, 1.165) is 19.4 Å². The molecule has 0 aromatic carbocycles. The zero-order chi connectivity index (χ0) is 10.8. The Morgan fingerprint density at radius 2 is 2.07 bits per heavy atom. The lowest BCUT2D eigenvalue weighted by Gasteiger charge is -2.29. The van der Waals surface area contributed by atoms with Crippen LogP contribution in [0.15, 0.2) is 0 Å². The highest BCUT2D eigenvalue weighted by molar-refractivity contribution is 5.73. The quantitative estimate of drug-likeness (QED) is 0.653. The van der Waals surface area contributed by atoms with Crippen LogP contribution in [0.4, 0.5) is 0 Å². The molecule has 3 heteroatoms. The van der Waals surface area contributed by atoms with Crippen molar-refractivity contribution in [1.82, 2.24) is 5.32 Å². The van der Waals surface area contributed by atoms with E-state index in [1.807, 2.05) is 20.8 Å². The highest BCUT2D eigenvalue weighted by Crippen LogP contribution is 2.20. The molecule has 0 saturated carbocycles. The predicted octanol–water partition coefficient (Wildman–Crippen LogP) is 1.72. The first kappa shape index (κ1) is 11.5. The van der Waals surface area contributed by atoms with Crippen LogP contribution in [0.5, 0.6) is 0 Å². The van der Waals surface area contributed by atoms with E-state index in [9.17, 15) is 4.79 Å². The standard InChI is InChI=1S/C11H21NO2/c1-8-7-9(5-6-12-8)10(13)14-11(2,3)4/h8-9,12H,5-7H2,1-4H3. The molecular weight excluding hydrogens is 178 g/mol. The van der Waals surface area contributed by atoms with Crippen molar-refractivity contribution in [2.45, 2.75) is 52.2 Å². The third-order valence-electron chi connectivity index (χ3n) is 2.36. The Labute approximate surface area is 86.2 Å². The zero-order valence-electron chi connectivity index (χ0n) is 9.59. The molecule has 1 saturated heterocycles. The van der Waals surface area contributed by atoms with Crippen molar-refractivity contribution in [2.75, 3.05) is 6.54 Å². The van der Waals surface area contributed by atoms with Gasteiger partial charge < -0.3 is 10.1 Å². The fourth-order valence-electron chi connectivity index (χ4n) is 1.73. The van der Waals surface area contributed by atoms with E-state index < -0.39 is 0 Å². The first-order valence-corrected chi connectivity index (χ1v) is 5.35. The number of ether oxygens (including phenoxy) is 1. The maximum Gasteiger partial charge on any atom is 0.309 e. The molecule has 14 heavy (non-hydrogen) atoms. The third kappa shape index (κ3) is 3.66. The molecule has 0 amide bonds. The Kier molecular flexibility index (Phi) is 3.53. The average molecular weight is 199 g/mol. The van der Waals surface area contributed by atoms with Gasteiger partial charge in [-0.15, -0.1) is 0 Å². The van der Waals surface area contributed by atoms with E-state index in [0.29, 0.717) is 6.04 Å².